The minimum Gasteiger partial charge on any atom is -0.331 e. The summed E-state index contributed by atoms with van der Waals surface area (Å²) in [4.78, 5) is 29.1. The lowest BCUT2D eigenvalue weighted by Gasteiger charge is -2.14. The quantitative estimate of drug-likeness (QED) is 0.758. The summed E-state index contributed by atoms with van der Waals surface area (Å²) in [7, 11) is 0. The molecule has 3 amide bonds. The highest BCUT2D eigenvalue weighted by molar-refractivity contribution is 7.11. The van der Waals surface area contributed by atoms with Crippen molar-refractivity contribution in [3.05, 3.63) is 44.9 Å². The molecule has 0 spiro atoms. The topological polar surface area (TPSA) is 83.1 Å². The van der Waals surface area contributed by atoms with Crippen LogP contribution in [0.4, 0.5) is 10.5 Å². The van der Waals surface area contributed by atoms with E-state index in [4.69, 9.17) is 11.6 Å². The fraction of sp³-hybridized carbons (Fsp3) is 0.312. The SMILES string of the molecule is Cc1nc(C)c([C@H](C)NC(=O)NCC(=O)Nc2ccc(Cl)cc2)s1. The molecule has 2 rings (SSSR count). The second-order valence-electron chi connectivity index (χ2n) is 5.29. The Kier molecular flexibility index (Phi) is 6.16. The predicted molar refractivity (Wildman–Crippen MR) is 96.6 cm³/mol. The van der Waals surface area contributed by atoms with Crippen molar-refractivity contribution in [1.82, 2.24) is 15.6 Å². The molecule has 0 aliphatic rings. The van der Waals surface area contributed by atoms with Gasteiger partial charge in [0.2, 0.25) is 5.91 Å². The molecule has 2 aromatic rings. The summed E-state index contributed by atoms with van der Waals surface area (Å²) in [5.74, 6) is -0.315. The number of halogens is 1. The largest absolute Gasteiger partial charge is 0.331 e. The molecular weight excluding hydrogens is 348 g/mol. The Balaban J connectivity index is 1.79. The summed E-state index contributed by atoms with van der Waals surface area (Å²) in [5.41, 5.74) is 1.53. The van der Waals surface area contributed by atoms with Crippen LogP contribution in [0, 0.1) is 13.8 Å². The molecule has 1 atom stereocenters. The van der Waals surface area contributed by atoms with E-state index in [0.29, 0.717) is 10.7 Å². The van der Waals surface area contributed by atoms with Gasteiger partial charge in [-0.2, -0.15) is 0 Å². The molecule has 0 saturated carbocycles. The van der Waals surface area contributed by atoms with Gasteiger partial charge in [0.05, 0.1) is 23.3 Å². The number of urea groups is 1. The summed E-state index contributed by atoms with van der Waals surface area (Å²) in [6.45, 7) is 5.60. The minimum absolute atomic E-state index is 0.123. The highest BCUT2D eigenvalue weighted by Gasteiger charge is 2.15. The first-order chi connectivity index (χ1) is 11.3. The fourth-order valence-electron chi connectivity index (χ4n) is 2.16. The number of hydrogen-bond donors (Lipinski definition) is 3. The molecule has 1 heterocycles. The standard InChI is InChI=1S/C16H19ClN4O2S/c1-9-15(24-11(3)19-9)10(2)20-16(23)18-8-14(22)21-13-6-4-12(17)5-7-13/h4-7,10H,8H2,1-3H3,(H,21,22)(H2,18,20,23)/t10-/m0/s1. The Labute approximate surface area is 149 Å². The van der Waals surface area contributed by atoms with Crippen LogP contribution in [0.2, 0.25) is 5.02 Å². The van der Waals surface area contributed by atoms with Crippen LogP contribution < -0.4 is 16.0 Å². The smallest absolute Gasteiger partial charge is 0.315 e. The monoisotopic (exact) mass is 366 g/mol. The average molecular weight is 367 g/mol. The zero-order valence-electron chi connectivity index (χ0n) is 13.6. The third kappa shape index (κ3) is 5.21. The summed E-state index contributed by atoms with van der Waals surface area (Å²) < 4.78 is 0. The van der Waals surface area contributed by atoms with Crippen molar-refractivity contribution >= 4 is 40.6 Å². The maximum atomic E-state index is 11.9. The summed E-state index contributed by atoms with van der Waals surface area (Å²) in [6.07, 6.45) is 0. The molecule has 0 fully saturated rings. The van der Waals surface area contributed by atoms with Gasteiger partial charge in [0.25, 0.3) is 0 Å². The Bertz CT molecular complexity index is 730. The zero-order chi connectivity index (χ0) is 17.7. The van der Waals surface area contributed by atoms with Crippen LogP contribution >= 0.6 is 22.9 Å². The molecule has 0 aliphatic carbocycles. The van der Waals surface area contributed by atoms with Gasteiger partial charge in [-0.15, -0.1) is 11.3 Å². The molecule has 128 valence electrons. The summed E-state index contributed by atoms with van der Waals surface area (Å²) in [6, 6.07) is 6.17. The molecule has 1 aromatic carbocycles. The number of thiazole rings is 1. The van der Waals surface area contributed by atoms with Crippen LogP contribution in [0.3, 0.4) is 0 Å². The predicted octanol–water partition coefficient (Wildman–Crippen LogP) is 3.41. The van der Waals surface area contributed by atoms with Crippen molar-refractivity contribution in [1.29, 1.82) is 0 Å². The van der Waals surface area contributed by atoms with E-state index in [9.17, 15) is 9.59 Å². The lowest BCUT2D eigenvalue weighted by molar-refractivity contribution is -0.115. The number of amides is 3. The van der Waals surface area contributed by atoms with E-state index in [1.54, 1.807) is 35.6 Å². The van der Waals surface area contributed by atoms with E-state index in [0.717, 1.165) is 15.6 Å². The number of rotatable bonds is 5. The maximum Gasteiger partial charge on any atom is 0.315 e. The molecule has 0 saturated heterocycles. The first-order valence-corrected chi connectivity index (χ1v) is 8.58. The number of carbonyl (C=O) groups is 2. The van der Waals surface area contributed by atoms with Crippen LogP contribution in [0.25, 0.3) is 0 Å². The van der Waals surface area contributed by atoms with E-state index in [1.807, 2.05) is 20.8 Å². The Hall–Kier alpha value is -2.12. The van der Waals surface area contributed by atoms with E-state index < -0.39 is 6.03 Å². The van der Waals surface area contributed by atoms with Crippen molar-refractivity contribution in [3.63, 3.8) is 0 Å². The van der Waals surface area contributed by atoms with Crippen molar-refractivity contribution in [2.75, 3.05) is 11.9 Å². The molecule has 0 unspecified atom stereocenters. The molecular formula is C16H19ClN4O2S. The molecule has 0 aliphatic heterocycles. The third-order valence-corrected chi connectivity index (χ3v) is 4.73. The van der Waals surface area contributed by atoms with Gasteiger partial charge < -0.3 is 16.0 Å². The average Bonchev–Trinajstić information content (AvgIpc) is 2.86. The lowest BCUT2D eigenvalue weighted by atomic mass is 10.2. The van der Waals surface area contributed by atoms with E-state index in [-0.39, 0.29) is 18.5 Å². The Morgan fingerprint density at radius 3 is 2.50 bits per heavy atom. The van der Waals surface area contributed by atoms with Gasteiger partial charge in [-0.1, -0.05) is 11.6 Å². The number of aromatic nitrogens is 1. The van der Waals surface area contributed by atoms with E-state index >= 15 is 0 Å². The van der Waals surface area contributed by atoms with Crippen LogP contribution in [-0.2, 0) is 4.79 Å². The second-order valence-corrected chi connectivity index (χ2v) is 6.96. The molecule has 24 heavy (non-hydrogen) atoms. The Morgan fingerprint density at radius 1 is 1.25 bits per heavy atom. The number of aryl methyl sites for hydroxylation is 2. The molecule has 3 N–H and O–H groups in total. The van der Waals surface area contributed by atoms with Crippen molar-refractivity contribution in [2.45, 2.75) is 26.8 Å². The number of carbonyl (C=O) groups excluding carboxylic acids is 2. The lowest BCUT2D eigenvalue weighted by Crippen LogP contribution is -2.41. The highest BCUT2D eigenvalue weighted by atomic mass is 35.5. The number of nitrogens with zero attached hydrogens (tertiary/aromatic N) is 1. The number of nitrogens with one attached hydrogen (secondary N) is 3. The number of benzene rings is 1. The van der Waals surface area contributed by atoms with Crippen LogP contribution in [0.5, 0.6) is 0 Å². The first kappa shape index (κ1) is 18.2. The fourth-order valence-corrected chi connectivity index (χ4v) is 3.22. The number of hydrogen-bond acceptors (Lipinski definition) is 4. The molecule has 1 aromatic heterocycles. The van der Waals surface area contributed by atoms with Gasteiger partial charge in [-0.05, 0) is 45.0 Å². The van der Waals surface area contributed by atoms with Gasteiger partial charge in [-0.3, -0.25) is 4.79 Å². The normalized spacial score (nSPS) is 11.7. The van der Waals surface area contributed by atoms with Gasteiger partial charge in [0.15, 0.2) is 0 Å². The molecule has 8 heteroatoms. The van der Waals surface area contributed by atoms with Gasteiger partial charge in [0.1, 0.15) is 0 Å². The first-order valence-electron chi connectivity index (χ1n) is 7.39. The van der Waals surface area contributed by atoms with Crippen LogP contribution in [0.1, 0.15) is 28.5 Å². The molecule has 0 bridgehead atoms. The second kappa shape index (κ2) is 8.12. The molecule has 6 nitrogen and oxygen atoms in total. The summed E-state index contributed by atoms with van der Waals surface area (Å²) in [5, 5.41) is 9.56. The maximum absolute atomic E-state index is 11.9. The number of anilines is 1. The van der Waals surface area contributed by atoms with Crippen molar-refractivity contribution in [2.24, 2.45) is 0 Å². The van der Waals surface area contributed by atoms with Crippen molar-refractivity contribution < 1.29 is 9.59 Å². The molecule has 0 radical (unpaired) electrons. The van der Waals surface area contributed by atoms with E-state index in [2.05, 4.69) is 20.9 Å². The minimum atomic E-state index is -0.404. The zero-order valence-corrected chi connectivity index (χ0v) is 15.2. The van der Waals surface area contributed by atoms with Gasteiger partial charge >= 0.3 is 6.03 Å². The van der Waals surface area contributed by atoms with Gasteiger partial charge in [0, 0.05) is 15.6 Å². The van der Waals surface area contributed by atoms with Crippen LogP contribution in [0.15, 0.2) is 24.3 Å². The van der Waals surface area contributed by atoms with Crippen molar-refractivity contribution in [3.8, 4) is 0 Å². The van der Waals surface area contributed by atoms with Gasteiger partial charge in [-0.25, -0.2) is 9.78 Å². The van der Waals surface area contributed by atoms with Crippen LogP contribution in [-0.4, -0.2) is 23.5 Å². The van der Waals surface area contributed by atoms with E-state index in [1.165, 1.54) is 0 Å². The third-order valence-electron chi connectivity index (χ3n) is 3.22. The highest BCUT2D eigenvalue weighted by Crippen LogP contribution is 2.24. The summed E-state index contributed by atoms with van der Waals surface area (Å²) >= 11 is 7.33. The Morgan fingerprint density at radius 2 is 1.92 bits per heavy atom.